The minimum atomic E-state index is -3.78. The molecule has 2 aromatic rings. The van der Waals surface area contributed by atoms with Crippen molar-refractivity contribution in [2.45, 2.75) is 44.0 Å². The number of hydrogen-bond donors (Lipinski definition) is 1. The molecule has 3 rings (SSSR count). The van der Waals surface area contributed by atoms with Crippen molar-refractivity contribution in [1.29, 1.82) is 0 Å². The summed E-state index contributed by atoms with van der Waals surface area (Å²) in [7, 11) is -2.51. The van der Waals surface area contributed by atoms with Crippen molar-refractivity contribution < 1.29 is 32.3 Å². The van der Waals surface area contributed by atoms with Crippen molar-refractivity contribution in [3.8, 4) is 0 Å². The van der Waals surface area contributed by atoms with Crippen molar-refractivity contribution in [3.05, 3.63) is 65.7 Å². The van der Waals surface area contributed by atoms with Gasteiger partial charge in [0.1, 0.15) is 6.04 Å². The second-order valence-corrected chi connectivity index (χ2v) is 11.7. The zero-order valence-electron chi connectivity index (χ0n) is 22.1. The molecule has 0 radical (unpaired) electrons. The molecule has 1 aliphatic heterocycles. The van der Waals surface area contributed by atoms with Crippen molar-refractivity contribution in [1.82, 2.24) is 9.62 Å². The highest BCUT2D eigenvalue weighted by Gasteiger charge is 2.30. The summed E-state index contributed by atoms with van der Waals surface area (Å²) in [4.78, 5) is 39.1. The highest BCUT2D eigenvalue weighted by atomic mass is 32.2. The minimum Gasteiger partial charge on any atom is -0.467 e. The quantitative estimate of drug-likeness (QED) is 0.322. The van der Waals surface area contributed by atoms with Gasteiger partial charge in [-0.15, -0.1) is 0 Å². The number of nitrogens with one attached hydrogen (secondary N) is 1. The number of ether oxygens (including phenoxy) is 2. The van der Waals surface area contributed by atoms with E-state index in [9.17, 15) is 22.8 Å². The van der Waals surface area contributed by atoms with Crippen LogP contribution in [0, 0.1) is 11.8 Å². The lowest BCUT2D eigenvalue weighted by Gasteiger charge is -2.26. The molecule has 0 spiro atoms. The van der Waals surface area contributed by atoms with Crippen molar-refractivity contribution >= 4 is 27.7 Å². The Morgan fingerprint density at radius 3 is 2.34 bits per heavy atom. The number of methoxy groups -OCH3 is 1. The van der Waals surface area contributed by atoms with Crippen molar-refractivity contribution in [2.24, 2.45) is 11.8 Å². The first-order chi connectivity index (χ1) is 18.1. The summed E-state index contributed by atoms with van der Waals surface area (Å²) < 4.78 is 37.6. The number of hydrogen-bond acceptors (Lipinski definition) is 7. The van der Waals surface area contributed by atoms with E-state index in [0.717, 1.165) is 5.56 Å². The molecule has 0 aliphatic carbocycles. The molecule has 0 bridgehead atoms. The van der Waals surface area contributed by atoms with Crippen LogP contribution in [0.4, 0.5) is 0 Å². The number of sulfonamides is 1. The Balaban J connectivity index is 1.83. The highest BCUT2D eigenvalue weighted by molar-refractivity contribution is 7.89. The fraction of sp³-hybridized carbons (Fsp3) is 0.464. The lowest BCUT2D eigenvalue weighted by atomic mass is 9.90. The van der Waals surface area contributed by atoms with E-state index < -0.39 is 33.9 Å². The molecule has 1 N–H and O–H groups in total. The summed E-state index contributed by atoms with van der Waals surface area (Å²) in [5.74, 6) is -1.99. The van der Waals surface area contributed by atoms with Crippen LogP contribution >= 0.6 is 0 Å². The summed E-state index contributed by atoms with van der Waals surface area (Å²) >= 11 is 0. The number of benzene rings is 2. The molecule has 1 fully saturated rings. The Bertz CT molecular complexity index is 1210. The number of nitrogens with zero attached hydrogens (tertiary/aromatic N) is 1. The normalized spacial score (nSPS) is 16.0. The number of morpholine rings is 1. The maximum Gasteiger partial charge on any atom is 0.328 e. The summed E-state index contributed by atoms with van der Waals surface area (Å²) in [6.45, 7) is 5.00. The van der Waals surface area contributed by atoms with Gasteiger partial charge in [0.2, 0.25) is 15.9 Å². The molecule has 0 unspecified atom stereocenters. The first-order valence-corrected chi connectivity index (χ1v) is 14.2. The van der Waals surface area contributed by atoms with Crippen LogP contribution in [0.3, 0.4) is 0 Å². The molecule has 0 saturated carbocycles. The van der Waals surface area contributed by atoms with Gasteiger partial charge >= 0.3 is 5.97 Å². The number of Topliss-reactive ketones (excluding diaryl/α,β-unsaturated/α-hetero) is 1. The smallest absolute Gasteiger partial charge is 0.328 e. The standard InChI is InChI=1S/C28H36N2O7S/c1-20(2)16-25(28(33)36-3)29-27(32)23(17-21-8-5-4-6-9-21)19-26(31)22-10-7-11-24(18-22)38(34,35)30-12-14-37-15-13-30/h4-11,18,20,23,25H,12-17,19H2,1-3H3,(H,29,32)/t23-,25+/m1/s1. The van der Waals surface area contributed by atoms with Crippen LogP contribution in [0.1, 0.15) is 42.6 Å². The van der Waals surface area contributed by atoms with Gasteiger partial charge in [0.05, 0.1) is 25.2 Å². The third-order valence-electron chi connectivity index (χ3n) is 6.40. The second kappa shape index (κ2) is 13.6. The fourth-order valence-corrected chi connectivity index (χ4v) is 5.84. The van der Waals surface area contributed by atoms with Crippen molar-refractivity contribution in [3.63, 3.8) is 0 Å². The average Bonchev–Trinajstić information content (AvgIpc) is 2.92. The molecule has 1 heterocycles. The Hall–Kier alpha value is -3.08. The van der Waals surface area contributed by atoms with Crippen LogP contribution in [0.5, 0.6) is 0 Å². The van der Waals surface area contributed by atoms with E-state index in [1.165, 1.54) is 29.6 Å². The molecule has 9 nitrogen and oxygen atoms in total. The number of esters is 1. The SMILES string of the molecule is COC(=O)[C@H](CC(C)C)NC(=O)[C@@H](CC(=O)c1cccc(S(=O)(=O)N2CCOCC2)c1)Cc1ccccc1. The van der Waals surface area contributed by atoms with Crippen LogP contribution in [-0.4, -0.2) is 69.8 Å². The number of rotatable bonds is 12. The lowest BCUT2D eigenvalue weighted by Crippen LogP contribution is -2.45. The van der Waals surface area contributed by atoms with Gasteiger partial charge in [-0.25, -0.2) is 13.2 Å². The third-order valence-corrected chi connectivity index (χ3v) is 8.30. The van der Waals surface area contributed by atoms with Gasteiger partial charge in [0, 0.05) is 31.0 Å². The second-order valence-electron chi connectivity index (χ2n) is 9.77. The summed E-state index contributed by atoms with van der Waals surface area (Å²) in [5, 5.41) is 2.77. The van der Waals surface area contributed by atoms with Crippen LogP contribution in [0.2, 0.25) is 0 Å². The van der Waals surface area contributed by atoms with E-state index in [4.69, 9.17) is 9.47 Å². The average molecular weight is 545 g/mol. The fourth-order valence-electron chi connectivity index (χ4n) is 4.38. The predicted molar refractivity (Wildman–Crippen MR) is 142 cm³/mol. The van der Waals surface area contributed by atoms with Gasteiger partial charge in [-0.1, -0.05) is 56.3 Å². The van der Waals surface area contributed by atoms with E-state index in [1.807, 2.05) is 44.2 Å². The zero-order valence-corrected chi connectivity index (χ0v) is 22.9. The Labute approximate surface area is 224 Å². The molecule has 206 valence electrons. The van der Waals surface area contributed by atoms with Gasteiger partial charge in [-0.3, -0.25) is 9.59 Å². The van der Waals surface area contributed by atoms with E-state index in [1.54, 1.807) is 6.07 Å². The Kier molecular flexibility index (Phi) is 10.6. The molecular formula is C28H36N2O7S. The monoisotopic (exact) mass is 544 g/mol. The van der Waals surface area contributed by atoms with E-state index in [2.05, 4.69) is 5.32 Å². The number of carbonyl (C=O) groups is 3. The van der Waals surface area contributed by atoms with Crippen LogP contribution in [0.15, 0.2) is 59.5 Å². The van der Waals surface area contributed by atoms with E-state index in [-0.39, 0.29) is 48.1 Å². The summed E-state index contributed by atoms with van der Waals surface area (Å²) in [5.41, 5.74) is 1.07. The third kappa shape index (κ3) is 7.96. The maximum atomic E-state index is 13.4. The molecule has 1 aliphatic rings. The summed E-state index contributed by atoms with van der Waals surface area (Å²) in [6, 6.07) is 14.4. The first kappa shape index (κ1) is 29.5. The van der Waals surface area contributed by atoms with Gasteiger partial charge in [-0.2, -0.15) is 4.31 Å². The van der Waals surface area contributed by atoms with Crippen LogP contribution in [0.25, 0.3) is 0 Å². The van der Waals surface area contributed by atoms with Gasteiger partial charge < -0.3 is 14.8 Å². The molecule has 10 heteroatoms. The topological polar surface area (TPSA) is 119 Å². The van der Waals surface area contributed by atoms with Crippen LogP contribution in [-0.2, 0) is 35.5 Å². The molecular weight excluding hydrogens is 508 g/mol. The molecule has 1 saturated heterocycles. The Morgan fingerprint density at radius 1 is 1.03 bits per heavy atom. The zero-order chi connectivity index (χ0) is 27.7. The van der Waals surface area contributed by atoms with Crippen molar-refractivity contribution in [2.75, 3.05) is 33.4 Å². The highest BCUT2D eigenvalue weighted by Crippen LogP contribution is 2.22. The lowest BCUT2D eigenvalue weighted by molar-refractivity contribution is -0.146. The number of amides is 1. The molecule has 0 aromatic heterocycles. The minimum absolute atomic E-state index is 0.0250. The largest absolute Gasteiger partial charge is 0.467 e. The number of ketones is 1. The molecule has 1 amide bonds. The van der Waals surface area contributed by atoms with Crippen LogP contribution < -0.4 is 5.32 Å². The Morgan fingerprint density at radius 2 is 1.71 bits per heavy atom. The molecule has 38 heavy (non-hydrogen) atoms. The number of carbonyl (C=O) groups excluding carboxylic acids is 3. The maximum absolute atomic E-state index is 13.4. The van der Waals surface area contributed by atoms with E-state index in [0.29, 0.717) is 19.6 Å². The van der Waals surface area contributed by atoms with E-state index >= 15 is 0 Å². The van der Waals surface area contributed by atoms with Gasteiger partial charge in [-0.05, 0) is 36.5 Å². The van der Waals surface area contributed by atoms with Gasteiger partial charge in [0.15, 0.2) is 5.78 Å². The molecule has 2 atom stereocenters. The summed E-state index contributed by atoms with van der Waals surface area (Å²) in [6.07, 6.45) is 0.517. The first-order valence-electron chi connectivity index (χ1n) is 12.7. The molecule has 2 aromatic carbocycles. The van der Waals surface area contributed by atoms with Gasteiger partial charge in [0.25, 0.3) is 0 Å². The predicted octanol–water partition coefficient (Wildman–Crippen LogP) is 2.84.